The number of amides is 3. The summed E-state index contributed by atoms with van der Waals surface area (Å²) in [6.07, 6.45) is -0.313. The fourth-order valence-corrected chi connectivity index (χ4v) is 6.82. The van der Waals surface area contributed by atoms with Gasteiger partial charge in [-0.05, 0) is 63.1 Å². The largest absolute Gasteiger partial charge is 0.504 e. The van der Waals surface area contributed by atoms with Crippen LogP contribution in [0.1, 0.15) is 66.7 Å². The van der Waals surface area contributed by atoms with Crippen molar-refractivity contribution < 1.29 is 63.4 Å². The lowest BCUT2D eigenvalue weighted by atomic mass is 9.77. The number of hydrogen-bond acceptors (Lipinski definition) is 11. The zero-order valence-electron chi connectivity index (χ0n) is 29.5. The van der Waals surface area contributed by atoms with Crippen LogP contribution >= 0.6 is 0 Å². The molecule has 17 heteroatoms. The molecule has 7 N–H and O–H groups in total. The number of ketones is 1. The lowest BCUT2D eigenvalue weighted by molar-refractivity contribution is -0.163. The highest BCUT2D eigenvalue weighted by atomic mass is 19.1. The summed E-state index contributed by atoms with van der Waals surface area (Å²) in [5.74, 6) is -10.6. The molecule has 53 heavy (non-hydrogen) atoms. The highest BCUT2D eigenvalue weighted by Gasteiger charge is 2.59. The van der Waals surface area contributed by atoms with Gasteiger partial charge in [-0.3, -0.25) is 19.2 Å². The summed E-state index contributed by atoms with van der Waals surface area (Å²) in [5.41, 5.74) is -0.500. The summed E-state index contributed by atoms with van der Waals surface area (Å²) >= 11 is 0. The van der Waals surface area contributed by atoms with Crippen LogP contribution in [0.5, 0.6) is 23.0 Å². The number of carbonyl (C=O) groups excluding carboxylic acids is 4. The number of carboxylic acids is 1. The Morgan fingerprint density at radius 1 is 0.887 bits per heavy atom. The number of Topliss-reactive ketones (excluding diaryl/α,β-unsaturated/α-hetero) is 1. The first-order valence-corrected chi connectivity index (χ1v) is 17.1. The molecular weight excluding hydrogens is 702 g/mol. The van der Waals surface area contributed by atoms with Gasteiger partial charge in [0.15, 0.2) is 40.4 Å². The number of nitrogens with one attached hydrogen (secondary N) is 1. The van der Waals surface area contributed by atoms with E-state index in [4.69, 9.17) is 0 Å². The number of likely N-dealkylation sites (N-methyl/N-ethyl adjacent to an activating group) is 1. The highest BCUT2D eigenvalue weighted by Crippen LogP contribution is 2.47. The SMILES string of the molecule is C[C@@H](O)[C@H]1C(=O)N2C(C(=O)O)=C(CN(C)CCC(=O)N(CCCCC(=O)c3ccc(O)c(O)c3F)CCCNC(=O)c3ccc(O)c(O)c3F)[C@H](C)[C@H]12. The number of phenolic OH excluding ortho intramolecular Hbond substituents is 4. The molecule has 2 aromatic carbocycles. The van der Waals surface area contributed by atoms with Gasteiger partial charge in [0.05, 0.1) is 29.2 Å². The third kappa shape index (κ3) is 8.68. The van der Waals surface area contributed by atoms with Crippen LogP contribution in [0, 0.1) is 23.5 Å². The molecule has 2 aliphatic heterocycles. The van der Waals surface area contributed by atoms with Crippen LogP contribution in [0.2, 0.25) is 0 Å². The van der Waals surface area contributed by atoms with Crippen molar-refractivity contribution in [2.45, 2.75) is 58.1 Å². The van der Waals surface area contributed by atoms with Crippen molar-refractivity contribution in [1.82, 2.24) is 20.0 Å². The first-order valence-electron chi connectivity index (χ1n) is 17.1. The zero-order chi connectivity index (χ0) is 39.3. The van der Waals surface area contributed by atoms with Crippen LogP contribution in [-0.2, 0) is 14.4 Å². The van der Waals surface area contributed by atoms with E-state index in [0.29, 0.717) is 12.0 Å². The average molecular weight is 747 g/mol. The van der Waals surface area contributed by atoms with Crippen LogP contribution in [0.4, 0.5) is 8.78 Å². The number of β-lactam (4-membered cyclic amide) rings is 1. The number of aromatic hydroxyl groups is 4. The molecule has 2 heterocycles. The number of halogens is 2. The Labute approximate surface area is 303 Å². The van der Waals surface area contributed by atoms with Gasteiger partial charge in [0.2, 0.25) is 11.8 Å². The molecule has 0 saturated carbocycles. The monoisotopic (exact) mass is 746 g/mol. The number of benzene rings is 2. The second-order valence-corrected chi connectivity index (χ2v) is 13.4. The minimum absolute atomic E-state index is 0.000447. The summed E-state index contributed by atoms with van der Waals surface area (Å²) < 4.78 is 28.6. The number of hydrogen-bond donors (Lipinski definition) is 7. The molecule has 0 aliphatic carbocycles. The van der Waals surface area contributed by atoms with Gasteiger partial charge in [-0.1, -0.05) is 6.92 Å². The second-order valence-electron chi connectivity index (χ2n) is 13.4. The normalized spacial score (nSPS) is 18.5. The number of nitrogens with zero attached hydrogens (tertiary/aromatic N) is 3. The molecule has 1 fully saturated rings. The fraction of sp³-hybridized carbons (Fsp3) is 0.472. The number of carbonyl (C=O) groups is 5. The molecule has 3 amide bonds. The van der Waals surface area contributed by atoms with Crippen molar-refractivity contribution in [2.24, 2.45) is 11.8 Å². The van der Waals surface area contributed by atoms with Crippen LogP contribution in [0.15, 0.2) is 35.5 Å². The van der Waals surface area contributed by atoms with Crippen molar-refractivity contribution in [3.8, 4) is 23.0 Å². The summed E-state index contributed by atoms with van der Waals surface area (Å²) in [6.45, 7) is 3.92. The van der Waals surface area contributed by atoms with E-state index in [-0.39, 0.29) is 75.9 Å². The number of phenols is 4. The number of rotatable bonds is 18. The van der Waals surface area contributed by atoms with E-state index in [1.807, 2.05) is 0 Å². The number of aliphatic carboxylic acids is 1. The number of fused-ring (bicyclic) bond motifs is 1. The number of carboxylic acid groups (broad SMARTS) is 1. The van der Waals surface area contributed by atoms with E-state index in [9.17, 15) is 63.4 Å². The van der Waals surface area contributed by atoms with Gasteiger partial charge in [0, 0.05) is 51.5 Å². The molecular formula is C36H44F2N4O11. The van der Waals surface area contributed by atoms with Crippen LogP contribution in [-0.4, -0.2) is 127 Å². The van der Waals surface area contributed by atoms with Gasteiger partial charge in [-0.2, -0.15) is 0 Å². The summed E-state index contributed by atoms with van der Waals surface area (Å²) in [5, 5.41) is 60.6. The Hall–Kier alpha value is -5.29. The Morgan fingerprint density at radius 3 is 2.08 bits per heavy atom. The minimum atomic E-state index is -1.29. The van der Waals surface area contributed by atoms with Gasteiger partial charge in [0.25, 0.3) is 5.91 Å². The van der Waals surface area contributed by atoms with Gasteiger partial charge in [0.1, 0.15) is 5.70 Å². The minimum Gasteiger partial charge on any atom is -0.504 e. The second kappa shape index (κ2) is 17.0. The molecule has 0 spiro atoms. The van der Waals surface area contributed by atoms with Crippen molar-refractivity contribution in [1.29, 1.82) is 0 Å². The molecule has 0 radical (unpaired) electrons. The number of aliphatic hydroxyl groups is 1. The summed E-state index contributed by atoms with van der Waals surface area (Å²) in [6, 6.07) is 3.56. The zero-order valence-corrected chi connectivity index (χ0v) is 29.5. The number of aliphatic hydroxyl groups excluding tert-OH is 1. The molecule has 0 unspecified atom stereocenters. The van der Waals surface area contributed by atoms with Crippen molar-refractivity contribution >= 4 is 29.5 Å². The topological polar surface area (TPSA) is 228 Å². The Morgan fingerprint density at radius 2 is 1.47 bits per heavy atom. The highest BCUT2D eigenvalue weighted by molar-refractivity contribution is 6.00. The Balaban J connectivity index is 1.36. The van der Waals surface area contributed by atoms with E-state index in [0.717, 1.165) is 24.3 Å². The van der Waals surface area contributed by atoms with Gasteiger partial charge >= 0.3 is 5.97 Å². The summed E-state index contributed by atoms with van der Waals surface area (Å²) in [4.78, 5) is 67.9. The van der Waals surface area contributed by atoms with Crippen molar-refractivity contribution in [3.63, 3.8) is 0 Å². The molecule has 1 saturated heterocycles. The lowest BCUT2D eigenvalue weighted by Gasteiger charge is -2.46. The number of unbranched alkanes of at least 4 members (excludes halogenated alkanes) is 1. The predicted molar refractivity (Wildman–Crippen MR) is 183 cm³/mol. The molecule has 288 valence electrons. The molecule has 4 rings (SSSR count). The van der Waals surface area contributed by atoms with E-state index in [1.165, 1.54) is 16.7 Å². The van der Waals surface area contributed by atoms with Crippen LogP contribution < -0.4 is 5.32 Å². The Kier molecular flexibility index (Phi) is 13.0. The first-order chi connectivity index (χ1) is 25.0. The molecule has 2 aliphatic rings. The molecule has 0 aromatic heterocycles. The predicted octanol–water partition coefficient (Wildman–Crippen LogP) is 2.31. The maximum absolute atomic E-state index is 14.3. The van der Waals surface area contributed by atoms with E-state index in [1.54, 1.807) is 18.9 Å². The molecule has 4 atom stereocenters. The molecule has 15 nitrogen and oxygen atoms in total. The lowest BCUT2D eigenvalue weighted by Crippen LogP contribution is -2.63. The van der Waals surface area contributed by atoms with Crippen LogP contribution in [0.3, 0.4) is 0 Å². The summed E-state index contributed by atoms with van der Waals surface area (Å²) in [7, 11) is 1.70. The van der Waals surface area contributed by atoms with Crippen LogP contribution in [0.25, 0.3) is 0 Å². The van der Waals surface area contributed by atoms with Gasteiger partial charge < -0.3 is 50.7 Å². The Bertz CT molecular complexity index is 1720. The average Bonchev–Trinajstić information content (AvgIpc) is 3.34. The van der Waals surface area contributed by atoms with E-state index >= 15 is 0 Å². The maximum atomic E-state index is 14.3. The van der Waals surface area contributed by atoms with Gasteiger partial charge in [-0.25, -0.2) is 13.6 Å². The third-order valence-electron chi connectivity index (χ3n) is 9.73. The van der Waals surface area contributed by atoms with Crippen molar-refractivity contribution in [3.05, 3.63) is 58.3 Å². The molecule has 2 aromatic rings. The van der Waals surface area contributed by atoms with E-state index in [2.05, 4.69) is 5.32 Å². The fourth-order valence-electron chi connectivity index (χ4n) is 6.82. The third-order valence-corrected chi connectivity index (χ3v) is 9.73. The van der Waals surface area contributed by atoms with Crippen molar-refractivity contribution in [2.75, 3.05) is 39.8 Å². The quantitative estimate of drug-likeness (QED) is 0.0505. The smallest absolute Gasteiger partial charge is 0.352 e. The van der Waals surface area contributed by atoms with E-state index < -0.39 is 87.4 Å². The first kappa shape index (κ1) is 40.5. The maximum Gasteiger partial charge on any atom is 0.352 e. The standard InChI is InChI=1S/C36H44F2N4O11/c1-18-22(31(36(52)53)42-30(18)27(19(2)43)35(42)51)17-40(3)16-12-26(47)41(14-5-4-7-23(44)20-8-10-24(45)32(48)28(20)37)15-6-13-39-34(50)21-9-11-25(46)33(49)29(21)38/h8-11,18-19,27,30,43,45-46,48-49H,4-7,12-17H2,1-3H3,(H,39,50)(H,52,53)/t18-,19+,27+,30+/m0/s1. The molecule has 0 bridgehead atoms. The van der Waals surface area contributed by atoms with Gasteiger partial charge in [-0.15, -0.1) is 0 Å².